The van der Waals surface area contributed by atoms with Crippen molar-refractivity contribution in [3.8, 4) is 0 Å². The van der Waals surface area contributed by atoms with Crippen LogP contribution in [0.15, 0.2) is 31.0 Å². The van der Waals surface area contributed by atoms with Crippen LogP contribution in [0.3, 0.4) is 0 Å². The predicted octanol–water partition coefficient (Wildman–Crippen LogP) is 3.52. The van der Waals surface area contributed by atoms with Gasteiger partial charge in [-0.05, 0) is 48.4 Å². The van der Waals surface area contributed by atoms with Crippen molar-refractivity contribution in [2.24, 2.45) is 5.73 Å². The number of nitrogens with two attached hydrogens (primary N) is 1. The van der Waals surface area contributed by atoms with Crippen molar-refractivity contribution >= 4 is 10.8 Å². The van der Waals surface area contributed by atoms with Gasteiger partial charge >= 0.3 is 0 Å². The molecule has 2 nitrogen and oxygen atoms in total. The van der Waals surface area contributed by atoms with Gasteiger partial charge in [-0.1, -0.05) is 12.1 Å². The maximum atomic E-state index is 6.23. The van der Waals surface area contributed by atoms with Crippen molar-refractivity contribution in [3.05, 3.63) is 53.4 Å². The van der Waals surface area contributed by atoms with Gasteiger partial charge in [0.2, 0.25) is 0 Å². The monoisotopic (exact) mass is 238 g/mol. The van der Waals surface area contributed by atoms with Crippen LogP contribution in [0, 0.1) is 13.8 Å². The minimum atomic E-state index is 0.132. The standard InChI is InChI=1S/C16H18N2/c1-4-11-7-15(17)13-5-9(2)12-6-10(3)18-8-14(12)16(11)13/h4-6,8,11,15H,1,7,17H2,2-3H3/t11?,15-/m1/s1. The van der Waals surface area contributed by atoms with Gasteiger partial charge in [0.15, 0.2) is 0 Å². The molecule has 0 aliphatic heterocycles. The molecule has 0 radical (unpaired) electrons. The highest BCUT2D eigenvalue weighted by Crippen LogP contribution is 2.44. The summed E-state index contributed by atoms with van der Waals surface area (Å²) in [5, 5.41) is 2.54. The van der Waals surface area contributed by atoms with Crippen LogP contribution in [-0.2, 0) is 0 Å². The van der Waals surface area contributed by atoms with Gasteiger partial charge in [-0.25, -0.2) is 0 Å². The Balaban J connectivity index is 2.41. The first-order chi connectivity index (χ1) is 8.61. The van der Waals surface area contributed by atoms with E-state index < -0.39 is 0 Å². The number of rotatable bonds is 1. The maximum absolute atomic E-state index is 6.23. The molecule has 3 rings (SSSR count). The molecule has 0 saturated carbocycles. The zero-order valence-corrected chi connectivity index (χ0v) is 10.9. The minimum Gasteiger partial charge on any atom is -0.324 e. The summed E-state index contributed by atoms with van der Waals surface area (Å²) in [5.41, 5.74) is 11.2. The zero-order valence-electron chi connectivity index (χ0n) is 10.9. The third-order valence-electron chi connectivity index (χ3n) is 4.00. The summed E-state index contributed by atoms with van der Waals surface area (Å²) in [5.74, 6) is 0.364. The molecule has 1 aliphatic rings. The molecule has 2 heteroatoms. The molecule has 1 aromatic carbocycles. The number of allylic oxidation sites excluding steroid dienone is 1. The molecule has 2 aromatic rings. The van der Waals surface area contributed by atoms with Crippen molar-refractivity contribution in [1.82, 2.24) is 4.98 Å². The fourth-order valence-corrected chi connectivity index (χ4v) is 3.10. The summed E-state index contributed by atoms with van der Waals surface area (Å²) in [6.45, 7) is 8.13. The first-order valence-corrected chi connectivity index (χ1v) is 6.39. The molecule has 92 valence electrons. The Labute approximate surface area is 108 Å². The van der Waals surface area contributed by atoms with Crippen molar-refractivity contribution in [2.45, 2.75) is 32.2 Å². The van der Waals surface area contributed by atoms with Gasteiger partial charge in [0, 0.05) is 29.2 Å². The Morgan fingerprint density at radius 3 is 2.83 bits per heavy atom. The van der Waals surface area contributed by atoms with Crippen LogP contribution in [0.5, 0.6) is 0 Å². The first-order valence-electron chi connectivity index (χ1n) is 6.39. The Hall–Kier alpha value is -1.67. The van der Waals surface area contributed by atoms with E-state index in [-0.39, 0.29) is 6.04 Å². The quantitative estimate of drug-likeness (QED) is 0.772. The number of benzene rings is 1. The Kier molecular flexibility index (Phi) is 2.49. The van der Waals surface area contributed by atoms with Gasteiger partial charge in [-0.15, -0.1) is 6.58 Å². The molecular formula is C16H18N2. The maximum Gasteiger partial charge on any atom is 0.0379 e. The van der Waals surface area contributed by atoms with Crippen LogP contribution in [0.1, 0.15) is 40.8 Å². The molecule has 1 aliphatic carbocycles. The average molecular weight is 238 g/mol. The van der Waals surface area contributed by atoms with E-state index in [0.717, 1.165) is 12.1 Å². The molecular weight excluding hydrogens is 220 g/mol. The van der Waals surface area contributed by atoms with Gasteiger partial charge < -0.3 is 5.73 Å². The highest BCUT2D eigenvalue weighted by Gasteiger charge is 2.29. The second-order valence-electron chi connectivity index (χ2n) is 5.25. The van der Waals surface area contributed by atoms with Crippen LogP contribution in [0.2, 0.25) is 0 Å². The molecule has 0 saturated heterocycles. The molecule has 2 N–H and O–H groups in total. The van der Waals surface area contributed by atoms with E-state index >= 15 is 0 Å². The third kappa shape index (κ3) is 1.49. The molecule has 1 heterocycles. The van der Waals surface area contributed by atoms with Gasteiger partial charge in [-0.2, -0.15) is 0 Å². The zero-order chi connectivity index (χ0) is 12.9. The number of aryl methyl sites for hydroxylation is 2. The summed E-state index contributed by atoms with van der Waals surface area (Å²) in [4.78, 5) is 4.44. The van der Waals surface area contributed by atoms with Crippen molar-refractivity contribution < 1.29 is 0 Å². The molecule has 18 heavy (non-hydrogen) atoms. The lowest BCUT2D eigenvalue weighted by molar-refractivity contribution is 0.674. The summed E-state index contributed by atoms with van der Waals surface area (Å²) < 4.78 is 0. The lowest BCUT2D eigenvalue weighted by Gasteiger charge is -2.13. The summed E-state index contributed by atoms with van der Waals surface area (Å²) >= 11 is 0. The van der Waals surface area contributed by atoms with Crippen LogP contribution >= 0.6 is 0 Å². The van der Waals surface area contributed by atoms with Gasteiger partial charge in [0.25, 0.3) is 0 Å². The SMILES string of the molecule is C=CC1C[C@@H](N)c2cc(C)c3cc(C)ncc3c21. The lowest BCUT2D eigenvalue weighted by atomic mass is 9.93. The first kappa shape index (κ1) is 11.4. The van der Waals surface area contributed by atoms with E-state index in [4.69, 9.17) is 5.73 Å². The fourth-order valence-electron chi connectivity index (χ4n) is 3.10. The molecule has 1 aromatic heterocycles. The van der Waals surface area contributed by atoms with Gasteiger partial charge in [0.05, 0.1) is 0 Å². The Morgan fingerprint density at radius 1 is 1.33 bits per heavy atom. The number of pyridine rings is 1. The second-order valence-corrected chi connectivity index (χ2v) is 5.25. The molecule has 1 unspecified atom stereocenters. The van der Waals surface area contributed by atoms with E-state index in [1.165, 1.54) is 27.5 Å². The molecule has 2 atom stereocenters. The van der Waals surface area contributed by atoms with Gasteiger partial charge in [0.1, 0.15) is 0 Å². The predicted molar refractivity (Wildman–Crippen MR) is 75.7 cm³/mol. The fraction of sp³-hybridized carbons (Fsp3) is 0.312. The number of hydrogen-bond donors (Lipinski definition) is 1. The van der Waals surface area contributed by atoms with Crippen molar-refractivity contribution in [3.63, 3.8) is 0 Å². The van der Waals surface area contributed by atoms with E-state index in [1.54, 1.807) is 0 Å². The third-order valence-corrected chi connectivity index (χ3v) is 4.00. The van der Waals surface area contributed by atoms with E-state index in [2.05, 4.69) is 30.6 Å². The topological polar surface area (TPSA) is 38.9 Å². The van der Waals surface area contributed by atoms with Crippen LogP contribution in [0.25, 0.3) is 10.8 Å². The van der Waals surface area contributed by atoms with Gasteiger partial charge in [-0.3, -0.25) is 4.98 Å². The molecule has 0 bridgehead atoms. The molecule has 0 spiro atoms. The van der Waals surface area contributed by atoms with E-state index in [9.17, 15) is 0 Å². The Morgan fingerprint density at radius 2 is 2.11 bits per heavy atom. The van der Waals surface area contributed by atoms with E-state index in [1.807, 2.05) is 19.2 Å². The summed E-state index contributed by atoms with van der Waals surface area (Å²) in [7, 11) is 0. The largest absolute Gasteiger partial charge is 0.324 e. The number of aromatic nitrogens is 1. The van der Waals surface area contributed by atoms with E-state index in [0.29, 0.717) is 5.92 Å². The highest BCUT2D eigenvalue weighted by atomic mass is 14.7. The number of nitrogens with zero attached hydrogens (tertiary/aromatic N) is 1. The normalized spacial score (nSPS) is 22.2. The Bertz CT molecular complexity index is 643. The van der Waals surface area contributed by atoms with Crippen LogP contribution < -0.4 is 5.73 Å². The van der Waals surface area contributed by atoms with Crippen LogP contribution in [0.4, 0.5) is 0 Å². The van der Waals surface area contributed by atoms with Crippen molar-refractivity contribution in [2.75, 3.05) is 0 Å². The summed E-state index contributed by atoms with van der Waals surface area (Å²) in [6, 6.07) is 4.53. The lowest BCUT2D eigenvalue weighted by Crippen LogP contribution is -2.05. The summed E-state index contributed by atoms with van der Waals surface area (Å²) in [6.07, 6.45) is 4.97. The second kappa shape index (κ2) is 3.92. The van der Waals surface area contributed by atoms with Crippen LogP contribution in [-0.4, -0.2) is 4.98 Å². The molecule has 0 amide bonds. The molecule has 0 fully saturated rings. The average Bonchev–Trinajstić information content (AvgIpc) is 2.67. The van der Waals surface area contributed by atoms with Crippen molar-refractivity contribution in [1.29, 1.82) is 0 Å². The number of fused-ring (bicyclic) bond motifs is 3. The minimum absolute atomic E-state index is 0.132. The number of hydrogen-bond acceptors (Lipinski definition) is 2. The smallest absolute Gasteiger partial charge is 0.0379 e. The highest BCUT2D eigenvalue weighted by molar-refractivity contribution is 5.90.